The summed E-state index contributed by atoms with van der Waals surface area (Å²) < 4.78 is 30.9. The van der Waals surface area contributed by atoms with Crippen molar-refractivity contribution in [3.8, 4) is 11.5 Å². The Bertz CT molecular complexity index is 1320. The number of pyridine rings is 1. The first-order valence-electron chi connectivity index (χ1n) is 12.8. The lowest BCUT2D eigenvalue weighted by molar-refractivity contribution is -0.141. The lowest BCUT2D eigenvalue weighted by atomic mass is 10.1. The number of amides is 3. The Kier molecular flexibility index (Phi) is 7.96. The molecule has 1 aromatic heterocycles. The summed E-state index contributed by atoms with van der Waals surface area (Å²) in [7, 11) is 0. The van der Waals surface area contributed by atoms with E-state index in [4.69, 9.17) is 19.3 Å². The van der Waals surface area contributed by atoms with E-state index in [1.807, 2.05) is 0 Å². The summed E-state index contributed by atoms with van der Waals surface area (Å²) in [6.45, 7) is 1.12. The third-order valence-electron chi connectivity index (χ3n) is 6.93. The van der Waals surface area contributed by atoms with Gasteiger partial charge in [0.05, 0.1) is 6.54 Å². The molecule has 14 heteroatoms. The van der Waals surface area contributed by atoms with Crippen molar-refractivity contribution in [1.29, 1.82) is 0 Å². The summed E-state index contributed by atoms with van der Waals surface area (Å²) in [5, 5.41) is 17.2. The van der Waals surface area contributed by atoms with Crippen LogP contribution in [-0.2, 0) is 32.0 Å². The van der Waals surface area contributed by atoms with Crippen LogP contribution in [0.1, 0.15) is 17.5 Å². The molecule has 40 heavy (non-hydrogen) atoms. The molecule has 1 aliphatic carbocycles. The van der Waals surface area contributed by atoms with Crippen LogP contribution in [0.3, 0.4) is 0 Å². The van der Waals surface area contributed by atoms with Gasteiger partial charge in [-0.3, -0.25) is 14.5 Å². The first kappa shape index (κ1) is 27.1. The van der Waals surface area contributed by atoms with Crippen molar-refractivity contribution in [2.45, 2.75) is 31.4 Å². The summed E-state index contributed by atoms with van der Waals surface area (Å²) in [6.07, 6.45) is 1.16. The SMILES string of the molecule is O=CNC(COc1cc(F)c2c(c1)CC(CNCCC1CN(c3ccc4c(n3)NC(=O)CO4)C(=O)O1)C2)C(=O)O. The number of aromatic nitrogens is 1. The molecule has 2 aromatic rings. The number of halogens is 1. The summed E-state index contributed by atoms with van der Waals surface area (Å²) in [4.78, 5) is 51.4. The molecule has 1 saturated heterocycles. The average molecular weight is 558 g/mol. The van der Waals surface area contributed by atoms with Crippen molar-refractivity contribution in [3.63, 3.8) is 0 Å². The summed E-state index contributed by atoms with van der Waals surface area (Å²) >= 11 is 0. The number of carbonyl (C=O) groups excluding carboxylic acids is 3. The highest BCUT2D eigenvalue weighted by Crippen LogP contribution is 2.33. The van der Waals surface area contributed by atoms with E-state index in [9.17, 15) is 23.6 Å². The fraction of sp³-hybridized carbons (Fsp3) is 0.423. The molecule has 0 bridgehead atoms. The van der Waals surface area contributed by atoms with E-state index in [0.717, 1.165) is 5.56 Å². The number of benzene rings is 1. The zero-order valence-electron chi connectivity index (χ0n) is 21.4. The maximum atomic E-state index is 14.7. The van der Waals surface area contributed by atoms with Gasteiger partial charge in [0.15, 0.2) is 24.2 Å². The van der Waals surface area contributed by atoms with Crippen molar-refractivity contribution in [2.75, 3.05) is 43.1 Å². The molecule has 2 aliphatic heterocycles. The zero-order chi connectivity index (χ0) is 28.2. The van der Waals surface area contributed by atoms with Gasteiger partial charge in [0.25, 0.3) is 5.91 Å². The Labute approximate surface area is 228 Å². The third-order valence-corrected chi connectivity index (χ3v) is 6.93. The molecule has 5 rings (SSSR count). The Morgan fingerprint density at radius 2 is 2.17 bits per heavy atom. The van der Waals surface area contributed by atoms with E-state index < -0.39 is 23.9 Å². The molecule has 3 unspecified atom stereocenters. The number of carbonyl (C=O) groups is 4. The zero-order valence-corrected chi connectivity index (χ0v) is 21.4. The summed E-state index contributed by atoms with van der Waals surface area (Å²) in [6, 6.07) is 4.99. The molecular formula is C26H28FN5O8. The maximum Gasteiger partial charge on any atom is 0.415 e. The predicted molar refractivity (Wildman–Crippen MR) is 137 cm³/mol. The van der Waals surface area contributed by atoms with Gasteiger partial charge in [0.1, 0.15) is 30.1 Å². The standard InChI is InChI=1S/C26H28FN5O8/c27-19-8-17(38-11-20(25(35)36)29-13-33)7-15-5-14(6-18(15)19)9-28-4-3-16-10-32(26(37)40-16)22-2-1-21-24(30-22)31-23(34)12-39-21/h1-2,7-8,13-14,16,20,28H,3-6,9-12H2,(H,29,33)(H,35,36)(H,30,31,34). The van der Waals surface area contributed by atoms with Crippen LogP contribution < -0.4 is 30.3 Å². The molecule has 1 aromatic carbocycles. The normalized spacial score (nSPS) is 20.1. The predicted octanol–water partition coefficient (Wildman–Crippen LogP) is 0.850. The molecule has 4 N–H and O–H groups in total. The van der Waals surface area contributed by atoms with Gasteiger partial charge in [-0.2, -0.15) is 0 Å². The van der Waals surface area contributed by atoms with Gasteiger partial charge in [-0.25, -0.2) is 19.0 Å². The molecule has 3 atom stereocenters. The van der Waals surface area contributed by atoms with Gasteiger partial charge in [-0.05, 0) is 67.6 Å². The van der Waals surface area contributed by atoms with Crippen LogP contribution in [0.15, 0.2) is 24.3 Å². The highest BCUT2D eigenvalue weighted by Gasteiger charge is 2.34. The fourth-order valence-corrected chi connectivity index (χ4v) is 4.96. The monoisotopic (exact) mass is 557 g/mol. The molecular weight excluding hydrogens is 529 g/mol. The number of nitrogens with one attached hydrogen (secondary N) is 3. The van der Waals surface area contributed by atoms with Crippen LogP contribution in [0.2, 0.25) is 0 Å². The molecule has 3 aliphatic rings. The number of hydrogen-bond acceptors (Lipinski definition) is 9. The minimum absolute atomic E-state index is 0.0808. The van der Waals surface area contributed by atoms with Crippen molar-refractivity contribution in [2.24, 2.45) is 5.92 Å². The van der Waals surface area contributed by atoms with Crippen molar-refractivity contribution >= 4 is 36.0 Å². The fourth-order valence-electron chi connectivity index (χ4n) is 4.96. The van der Waals surface area contributed by atoms with Gasteiger partial charge in [-0.1, -0.05) is 0 Å². The minimum atomic E-state index is -1.25. The molecule has 1 fully saturated rings. The number of rotatable bonds is 12. The molecule has 3 heterocycles. The van der Waals surface area contributed by atoms with Gasteiger partial charge in [0.2, 0.25) is 6.41 Å². The van der Waals surface area contributed by atoms with Crippen LogP contribution in [-0.4, -0.2) is 79.5 Å². The largest absolute Gasteiger partial charge is 0.491 e. The molecule has 13 nitrogen and oxygen atoms in total. The Morgan fingerprint density at radius 3 is 2.98 bits per heavy atom. The van der Waals surface area contributed by atoms with E-state index in [2.05, 4.69) is 20.9 Å². The van der Waals surface area contributed by atoms with E-state index in [1.54, 1.807) is 18.2 Å². The molecule has 0 spiro atoms. The highest BCUT2D eigenvalue weighted by atomic mass is 19.1. The number of ether oxygens (including phenoxy) is 3. The second kappa shape index (κ2) is 11.7. The maximum absolute atomic E-state index is 14.7. The smallest absolute Gasteiger partial charge is 0.415 e. The Hall–Kier alpha value is -4.46. The topological polar surface area (TPSA) is 168 Å². The highest BCUT2D eigenvalue weighted by molar-refractivity contribution is 5.95. The van der Waals surface area contributed by atoms with Crippen LogP contribution >= 0.6 is 0 Å². The number of carboxylic acids is 1. The molecule has 3 amide bonds. The minimum Gasteiger partial charge on any atom is -0.491 e. The number of anilines is 2. The number of hydrogen-bond donors (Lipinski definition) is 4. The van der Waals surface area contributed by atoms with E-state index in [1.165, 1.54) is 11.0 Å². The Morgan fingerprint density at radius 1 is 1.32 bits per heavy atom. The van der Waals surface area contributed by atoms with E-state index in [0.29, 0.717) is 56.0 Å². The van der Waals surface area contributed by atoms with Gasteiger partial charge >= 0.3 is 12.1 Å². The number of aliphatic carboxylic acids is 1. The lowest BCUT2D eigenvalue weighted by Gasteiger charge is -2.19. The summed E-state index contributed by atoms with van der Waals surface area (Å²) in [5.41, 5.74) is 1.41. The van der Waals surface area contributed by atoms with Crippen molar-refractivity contribution < 1.29 is 42.9 Å². The third kappa shape index (κ3) is 6.06. The second-order valence-electron chi connectivity index (χ2n) is 9.77. The lowest BCUT2D eigenvalue weighted by Crippen LogP contribution is -2.40. The second-order valence-corrected chi connectivity index (χ2v) is 9.77. The number of cyclic esters (lactones) is 1. The quantitative estimate of drug-likeness (QED) is 0.217. The van der Waals surface area contributed by atoms with E-state index in [-0.39, 0.29) is 49.1 Å². The molecule has 0 radical (unpaired) electrons. The molecule has 0 saturated carbocycles. The van der Waals surface area contributed by atoms with Crippen molar-refractivity contribution in [1.82, 2.24) is 15.6 Å². The first-order chi connectivity index (χ1) is 19.3. The van der Waals surface area contributed by atoms with Gasteiger partial charge in [0, 0.05) is 6.07 Å². The van der Waals surface area contributed by atoms with Crippen molar-refractivity contribution in [3.05, 3.63) is 41.2 Å². The van der Waals surface area contributed by atoms with E-state index >= 15 is 0 Å². The number of carboxylic acid groups (broad SMARTS) is 1. The summed E-state index contributed by atoms with van der Waals surface area (Å²) in [5.74, 6) is -0.554. The van der Waals surface area contributed by atoms with Gasteiger partial charge < -0.3 is 35.3 Å². The van der Waals surface area contributed by atoms with Crippen LogP contribution in [0.4, 0.5) is 20.8 Å². The number of nitrogens with zero attached hydrogens (tertiary/aromatic N) is 2. The number of fused-ring (bicyclic) bond motifs is 2. The van der Waals surface area contributed by atoms with Crippen LogP contribution in [0.5, 0.6) is 11.5 Å². The average Bonchev–Trinajstić information content (AvgIpc) is 3.51. The van der Waals surface area contributed by atoms with Gasteiger partial charge in [-0.15, -0.1) is 0 Å². The molecule has 212 valence electrons. The first-order valence-corrected chi connectivity index (χ1v) is 12.8. The van der Waals surface area contributed by atoms with Crippen LogP contribution in [0.25, 0.3) is 0 Å². The van der Waals surface area contributed by atoms with Crippen LogP contribution in [0, 0.1) is 11.7 Å². The Balaban J connectivity index is 1.07.